The fourth-order valence-electron chi connectivity index (χ4n) is 2.34. The number of ether oxygens (including phenoxy) is 1. The number of fused-ring (bicyclic) bond motifs is 1. The molecule has 0 aliphatic heterocycles. The molecule has 128 valence electrons. The summed E-state index contributed by atoms with van der Waals surface area (Å²) in [7, 11) is 1.64. The molecule has 0 fully saturated rings. The van der Waals surface area contributed by atoms with Crippen LogP contribution in [-0.2, 0) is 6.54 Å². The zero-order valence-corrected chi connectivity index (χ0v) is 16.0. The predicted molar refractivity (Wildman–Crippen MR) is 103 cm³/mol. The van der Waals surface area contributed by atoms with Crippen LogP contribution in [0, 0.1) is 12.3 Å². The fraction of sp³-hybridized carbons (Fsp3) is 0.235. The summed E-state index contributed by atoms with van der Waals surface area (Å²) >= 11 is 5.08. The Bertz CT molecular complexity index is 950. The van der Waals surface area contributed by atoms with E-state index in [2.05, 4.69) is 36.8 Å². The van der Waals surface area contributed by atoms with E-state index in [1.807, 2.05) is 22.8 Å². The SMILES string of the molecule is C#CCCCn1c(Sc2cc(OC)ccc2Br)nc2c(N)ncnc21. The van der Waals surface area contributed by atoms with E-state index in [1.54, 1.807) is 7.11 Å². The maximum atomic E-state index is 5.96. The first-order valence-electron chi connectivity index (χ1n) is 7.55. The van der Waals surface area contributed by atoms with Crippen LogP contribution in [0.2, 0.25) is 0 Å². The van der Waals surface area contributed by atoms with E-state index < -0.39 is 0 Å². The Morgan fingerprint density at radius 2 is 2.24 bits per heavy atom. The van der Waals surface area contributed by atoms with Gasteiger partial charge in [0.1, 0.15) is 12.1 Å². The number of nitrogens with two attached hydrogens (primary N) is 1. The number of methoxy groups -OCH3 is 1. The molecular weight excluding hydrogens is 402 g/mol. The second-order valence-corrected chi connectivity index (χ2v) is 7.05. The van der Waals surface area contributed by atoms with Crippen LogP contribution in [0.3, 0.4) is 0 Å². The van der Waals surface area contributed by atoms with Crippen molar-refractivity contribution in [2.24, 2.45) is 0 Å². The largest absolute Gasteiger partial charge is 0.497 e. The van der Waals surface area contributed by atoms with Gasteiger partial charge in [-0.3, -0.25) is 0 Å². The second kappa shape index (κ2) is 7.76. The van der Waals surface area contributed by atoms with Crippen molar-refractivity contribution in [3.05, 3.63) is 29.0 Å². The van der Waals surface area contributed by atoms with Gasteiger partial charge in [0.2, 0.25) is 0 Å². The summed E-state index contributed by atoms with van der Waals surface area (Å²) in [6.45, 7) is 0.709. The van der Waals surface area contributed by atoms with Crippen molar-refractivity contribution in [1.29, 1.82) is 0 Å². The molecule has 2 N–H and O–H groups in total. The zero-order chi connectivity index (χ0) is 17.8. The van der Waals surface area contributed by atoms with Crippen LogP contribution in [0.1, 0.15) is 12.8 Å². The minimum absolute atomic E-state index is 0.368. The average molecular weight is 418 g/mol. The van der Waals surface area contributed by atoms with Gasteiger partial charge in [-0.05, 0) is 40.5 Å². The lowest BCUT2D eigenvalue weighted by molar-refractivity contribution is 0.413. The number of halogens is 1. The number of rotatable bonds is 6. The van der Waals surface area contributed by atoms with Crippen LogP contribution in [0.5, 0.6) is 5.75 Å². The number of terminal acetylenes is 1. The fourth-order valence-corrected chi connectivity index (χ4v) is 3.79. The number of aromatic nitrogens is 4. The van der Waals surface area contributed by atoms with Gasteiger partial charge in [0.05, 0.1) is 7.11 Å². The molecule has 8 heteroatoms. The van der Waals surface area contributed by atoms with E-state index in [9.17, 15) is 0 Å². The van der Waals surface area contributed by atoms with Crippen molar-refractivity contribution in [2.75, 3.05) is 12.8 Å². The van der Waals surface area contributed by atoms with Gasteiger partial charge < -0.3 is 15.0 Å². The lowest BCUT2D eigenvalue weighted by Crippen LogP contribution is -2.02. The molecule has 0 atom stereocenters. The lowest BCUT2D eigenvalue weighted by Gasteiger charge is -2.09. The summed E-state index contributed by atoms with van der Waals surface area (Å²) in [5, 5.41) is 0.785. The van der Waals surface area contributed by atoms with E-state index >= 15 is 0 Å². The van der Waals surface area contributed by atoms with Crippen molar-refractivity contribution in [2.45, 2.75) is 29.4 Å². The molecule has 0 unspecified atom stereocenters. The van der Waals surface area contributed by atoms with Crippen LogP contribution in [0.4, 0.5) is 5.82 Å². The summed E-state index contributed by atoms with van der Waals surface area (Å²) in [5.74, 6) is 3.81. The van der Waals surface area contributed by atoms with Crippen molar-refractivity contribution in [3.63, 3.8) is 0 Å². The predicted octanol–water partition coefficient (Wildman–Crippen LogP) is 3.74. The minimum Gasteiger partial charge on any atom is -0.497 e. The maximum absolute atomic E-state index is 5.96. The van der Waals surface area contributed by atoms with Gasteiger partial charge in [-0.2, -0.15) is 0 Å². The Morgan fingerprint density at radius 3 is 3.00 bits per heavy atom. The first kappa shape index (κ1) is 17.6. The van der Waals surface area contributed by atoms with Crippen LogP contribution in [0.15, 0.2) is 39.1 Å². The van der Waals surface area contributed by atoms with E-state index in [0.717, 1.165) is 26.7 Å². The summed E-state index contributed by atoms with van der Waals surface area (Å²) < 4.78 is 8.30. The smallest absolute Gasteiger partial charge is 0.175 e. The number of aryl methyl sites for hydroxylation is 1. The molecular formula is C17H16BrN5OS. The molecule has 25 heavy (non-hydrogen) atoms. The summed E-state index contributed by atoms with van der Waals surface area (Å²) in [4.78, 5) is 14.0. The highest BCUT2D eigenvalue weighted by Gasteiger charge is 2.17. The van der Waals surface area contributed by atoms with Crippen LogP contribution in [0.25, 0.3) is 11.2 Å². The van der Waals surface area contributed by atoms with Crippen molar-refractivity contribution >= 4 is 44.7 Å². The molecule has 0 aliphatic rings. The van der Waals surface area contributed by atoms with Gasteiger partial charge >= 0.3 is 0 Å². The van der Waals surface area contributed by atoms with Gasteiger partial charge in [0, 0.05) is 22.3 Å². The number of anilines is 1. The van der Waals surface area contributed by atoms with Gasteiger partial charge in [-0.1, -0.05) is 11.8 Å². The van der Waals surface area contributed by atoms with Gasteiger partial charge in [0.15, 0.2) is 22.1 Å². The molecule has 0 bridgehead atoms. The third-order valence-corrected chi connectivity index (χ3v) is 5.57. The number of hydrogen-bond acceptors (Lipinski definition) is 6. The molecule has 3 rings (SSSR count). The average Bonchev–Trinajstić information content (AvgIpc) is 2.96. The van der Waals surface area contributed by atoms with E-state index in [1.165, 1.54) is 18.1 Å². The number of nitrogens with zero attached hydrogens (tertiary/aromatic N) is 4. The number of hydrogen-bond donors (Lipinski definition) is 1. The number of nitrogen functional groups attached to an aromatic ring is 1. The third-order valence-electron chi connectivity index (χ3n) is 3.57. The molecule has 0 radical (unpaired) electrons. The van der Waals surface area contributed by atoms with Gasteiger partial charge in [0.25, 0.3) is 0 Å². The molecule has 0 spiro atoms. The first-order valence-corrected chi connectivity index (χ1v) is 9.16. The standard InChI is InChI=1S/C17H16BrN5OS/c1-3-4-5-8-23-16-14(15(19)20-10-21-16)22-17(23)25-13-9-11(24-2)6-7-12(13)18/h1,6-7,9-10H,4-5,8H2,2H3,(H2,19,20,21). The highest BCUT2D eigenvalue weighted by atomic mass is 79.9. The Hall–Kier alpha value is -2.24. The Balaban J connectivity index is 2.04. The number of imidazole rings is 1. The van der Waals surface area contributed by atoms with Crippen LogP contribution in [-0.4, -0.2) is 26.6 Å². The third kappa shape index (κ3) is 3.72. The molecule has 2 heterocycles. The van der Waals surface area contributed by atoms with E-state index in [4.69, 9.17) is 16.9 Å². The molecule has 0 amide bonds. The normalized spacial score (nSPS) is 10.8. The van der Waals surface area contributed by atoms with Crippen molar-refractivity contribution in [3.8, 4) is 18.1 Å². The molecule has 3 aromatic rings. The minimum atomic E-state index is 0.368. The topological polar surface area (TPSA) is 78.9 Å². The Labute approximate surface area is 158 Å². The van der Waals surface area contributed by atoms with Crippen LogP contribution >= 0.6 is 27.7 Å². The maximum Gasteiger partial charge on any atom is 0.175 e. The lowest BCUT2D eigenvalue weighted by atomic mass is 10.3. The van der Waals surface area contributed by atoms with E-state index in [0.29, 0.717) is 29.9 Å². The first-order chi connectivity index (χ1) is 12.1. The molecule has 0 saturated heterocycles. The molecule has 6 nitrogen and oxygen atoms in total. The van der Waals surface area contributed by atoms with Gasteiger partial charge in [-0.25, -0.2) is 15.0 Å². The van der Waals surface area contributed by atoms with Gasteiger partial charge in [-0.15, -0.1) is 12.3 Å². The van der Waals surface area contributed by atoms with E-state index in [-0.39, 0.29) is 0 Å². The van der Waals surface area contributed by atoms with Crippen molar-refractivity contribution < 1.29 is 4.74 Å². The second-order valence-electron chi connectivity index (χ2n) is 5.18. The highest BCUT2D eigenvalue weighted by molar-refractivity contribution is 9.10. The summed E-state index contributed by atoms with van der Waals surface area (Å²) in [6.07, 6.45) is 8.34. The Kier molecular flexibility index (Phi) is 5.46. The zero-order valence-electron chi connectivity index (χ0n) is 13.6. The summed E-state index contributed by atoms with van der Waals surface area (Å²) in [6, 6.07) is 5.79. The Morgan fingerprint density at radius 1 is 1.40 bits per heavy atom. The quantitative estimate of drug-likeness (QED) is 0.485. The number of benzene rings is 1. The molecule has 0 aliphatic carbocycles. The summed E-state index contributed by atoms with van der Waals surface area (Å²) in [5.41, 5.74) is 7.28. The molecule has 0 saturated carbocycles. The highest BCUT2D eigenvalue weighted by Crippen LogP contribution is 2.37. The van der Waals surface area contributed by atoms with Crippen molar-refractivity contribution in [1.82, 2.24) is 19.5 Å². The molecule has 1 aromatic carbocycles. The monoisotopic (exact) mass is 417 g/mol. The number of unbranched alkanes of at least 4 members (excludes halogenated alkanes) is 1. The van der Waals surface area contributed by atoms with Crippen LogP contribution < -0.4 is 10.5 Å². The molecule has 2 aromatic heterocycles.